The first-order valence-corrected chi connectivity index (χ1v) is 4.70. The van der Waals surface area contributed by atoms with Gasteiger partial charge in [0, 0.05) is 6.04 Å². The van der Waals surface area contributed by atoms with Gasteiger partial charge in [0.25, 0.3) is 0 Å². The second-order valence-corrected chi connectivity index (χ2v) is 3.38. The van der Waals surface area contributed by atoms with E-state index >= 15 is 0 Å². The van der Waals surface area contributed by atoms with Crippen LogP contribution in [-0.2, 0) is 0 Å². The quantitative estimate of drug-likeness (QED) is 0.591. The van der Waals surface area contributed by atoms with Crippen LogP contribution in [0.2, 0.25) is 0 Å². The maximum absolute atomic E-state index is 11.6. The van der Waals surface area contributed by atoms with Crippen molar-refractivity contribution in [1.29, 1.82) is 5.26 Å². The summed E-state index contributed by atoms with van der Waals surface area (Å²) in [6.45, 7) is 3.69. The highest BCUT2D eigenvalue weighted by Crippen LogP contribution is 2.11. The third-order valence-corrected chi connectivity index (χ3v) is 1.73. The molecule has 0 radical (unpaired) electrons. The summed E-state index contributed by atoms with van der Waals surface area (Å²) in [5, 5.41) is 11.5. The number of nitrogens with zero attached hydrogens (tertiary/aromatic N) is 2. The number of nitrogens with one attached hydrogen (secondary N) is 1. The van der Waals surface area contributed by atoms with E-state index in [9.17, 15) is 4.79 Å². The molecule has 0 unspecified atom stereocenters. The molecule has 0 saturated carbocycles. The summed E-state index contributed by atoms with van der Waals surface area (Å²) in [6, 6.07) is 8.42. The second-order valence-electron chi connectivity index (χ2n) is 3.38. The van der Waals surface area contributed by atoms with Crippen LogP contribution in [0.25, 0.3) is 0 Å². The lowest BCUT2D eigenvalue weighted by Crippen LogP contribution is -2.40. The highest BCUT2D eigenvalue weighted by atomic mass is 16.2. The Morgan fingerprint density at radius 1 is 1.40 bits per heavy atom. The predicted molar refractivity (Wildman–Crippen MR) is 58.2 cm³/mol. The fraction of sp³-hybridized carbons (Fsp3) is 0.273. The van der Waals surface area contributed by atoms with Crippen molar-refractivity contribution < 1.29 is 4.79 Å². The summed E-state index contributed by atoms with van der Waals surface area (Å²) in [5.74, 6) is 0. The van der Waals surface area contributed by atoms with E-state index < -0.39 is 6.03 Å². The van der Waals surface area contributed by atoms with Gasteiger partial charge in [0.15, 0.2) is 6.19 Å². The Morgan fingerprint density at radius 2 is 2.00 bits per heavy atom. The van der Waals surface area contributed by atoms with Gasteiger partial charge in [0.1, 0.15) is 0 Å². The minimum absolute atomic E-state index is 0.0112. The molecule has 2 amide bonds. The zero-order chi connectivity index (χ0) is 11.3. The molecule has 0 aliphatic carbocycles. The standard InChI is InChI=1S/C11H13N3O/c1-9(2)13-11(15)14(8-12)10-6-4-3-5-7-10/h3-7,9H,1-2H3,(H,13,15). The van der Waals surface area contributed by atoms with E-state index in [1.165, 1.54) is 0 Å². The van der Waals surface area contributed by atoms with Gasteiger partial charge in [-0.05, 0) is 26.0 Å². The summed E-state index contributed by atoms with van der Waals surface area (Å²) in [7, 11) is 0. The zero-order valence-corrected chi connectivity index (χ0v) is 8.77. The van der Waals surface area contributed by atoms with Crippen LogP contribution in [0, 0.1) is 11.5 Å². The number of carbonyl (C=O) groups is 1. The second kappa shape index (κ2) is 5.01. The van der Waals surface area contributed by atoms with Crippen molar-refractivity contribution in [3.05, 3.63) is 30.3 Å². The van der Waals surface area contributed by atoms with Gasteiger partial charge in [-0.3, -0.25) is 0 Å². The molecule has 1 N–H and O–H groups in total. The lowest BCUT2D eigenvalue weighted by molar-refractivity contribution is 0.246. The normalized spacial score (nSPS) is 9.47. The van der Waals surface area contributed by atoms with Gasteiger partial charge < -0.3 is 5.32 Å². The van der Waals surface area contributed by atoms with Crippen LogP contribution in [0.1, 0.15) is 13.8 Å². The van der Waals surface area contributed by atoms with Gasteiger partial charge in [-0.15, -0.1) is 0 Å². The van der Waals surface area contributed by atoms with Gasteiger partial charge in [0.2, 0.25) is 0 Å². The SMILES string of the molecule is CC(C)NC(=O)N(C#N)c1ccccc1. The number of carbonyl (C=O) groups excluding carboxylic acids is 1. The Hall–Kier alpha value is -2.02. The van der Waals surface area contributed by atoms with Crippen LogP contribution in [0.15, 0.2) is 30.3 Å². The van der Waals surface area contributed by atoms with Crippen molar-refractivity contribution in [2.75, 3.05) is 4.90 Å². The number of hydrogen-bond acceptors (Lipinski definition) is 2. The van der Waals surface area contributed by atoms with E-state index in [1.54, 1.807) is 24.3 Å². The van der Waals surface area contributed by atoms with E-state index in [4.69, 9.17) is 5.26 Å². The van der Waals surface area contributed by atoms with Gasteiger partial charge >= 0.3 is 6.03 Å². The number of rotatable bonds is 2. The number of benzene rings is 1. The maximum atomic E-state index is 11.6. The molecule has 4 heteroatoms. The highest BCUT2D eigenvalue weighted by molar-refractivity contribution is 5.94. The van der Waals surface area contributed by atoms with E-state index in [0.717, 1.165) is 4.90 Å². The van der Waals surface area contributed by atoms with Crippen molar-refractivity contribution in [2.45, 2.75) is 19.9 Å². The zero-order valence-electron chi connectivity index (χ0n) is 8.77. The molecule has 0 aromatic heterocycles. The molecular formula is C11H13N3O. The molecule has 0 spiro atoms. The average molecular weight is 203 g/mol. The van der Waals surface area contributed by atoms with Crippen molar-refractivity contribution in [3.63, 3.8) is 0 Å². The van der Waals surface area contributed by atoms with Crippen molar-refractivity contribution in [2.24, 2.45) is 0 Å². The lowest BCUT2D eigenvalue weighted by Gasteiger charge is -2.16. The van der Waals surface area contributed by atoms with Crippen molar-refractivity contribution >= 4 is 11.7 Å². The van der Waals surface area contributed by atoms with Crippen LogP contribution < -0.4 is 10.2 Å². The van der Waals surface area contributed by atoms with E-state index in [0.29, 0.717) is 5.69 Å². The average Bonchev–Trinajstić information content (AvgIpc) is 2.19. The van der Waals surface area contributed by atoms with Gasteiger partial charge in [-0.1, -0.05) is 18.2 Å². The number of nitriles is 1. The van der Waals surface area contributed by atoms with Gasteiger partial charge in [0.05, 0.1) is 5.69 Å². The molecule has 15 heavy (non-hydrogen) atoms. The predicted octanol–water partition coefficient (Wildman–Crippen LogP) is 2.09. The maximum Gasteiger partial charge on any atom is 0.335 e. The van der Waals surface area contributed by atoms with Crippen LogP contribution in [0.3, 0.4) is 0 Å². The molecule has 0 fully saturated rings. The minimum atomic E-state index is -0.404. The largest absolute Gasteiger partial charge is 0.335 e. The Balaban J connectivity index is 2.82. The molecule has 1 rings (SSSR count). The van der Waals surface area contributed by atoms with Crippen molar-refractivity contribution in [3.8, 4) is 6.19 Å². The summed E-state index contributed by atoms with van der Waals surface area (Å²) in [4.78, 5) is 12.6. The summed E-state index contributed by atoms with van der Waals surface area (Å²) >= 11 is 0. The Labute approximate surface area is 89.1 Å². The van der Waals surface area contributed by atoms with Crippen LogP contribution in [0.4, 0.5) is 10.5 Å². The molecule has 0 atom stereocenters. The minimum Gasteiger partial charge on any atom is -0.335 e. The third kappa shape index (κ3) is 2.99. The molecular weight excluding hydrogens is 190 g/mol. The first-order chi connectivity index (χ1) is 7.15. The van der Waals surface area contributed by atoms with Crippen LogP contribution in [-0.4, -0.2) is 12.1 Å². The van der Waals surface area contributed by atoms with Crippen LogP contribution in [0.5, 0.6) is 0 Å². The molecule has 0 saturated heterocycles. The molecule has 0 heterocycles. The molecule has 0 bridgehead atoms. The third-order valence-electron chi connectivity index (χ3n) is 1.73. The first-order valence-electron chi connectivity index (χ1n) is 4.70. The summed E-state index contributed by atoms with van der Waals surface area (Å²) in [6.07, 6.45) is 1.84. The smallest absolute Gasteiger partial charge is 0.335 e. The molecule has 0 aliphatic rings. The molecule has 4 nitrogen and oxygen atoms in total. The Morgan fingerprint density at radius 3 is 2.47 bits per heavy atom. The Bertz CT molecular complexity index is 367. The van der Waals surface area contributed by atoms with Gasteiger partial charge in [-0.25, -0.2) is 4.79 Å². The first kappa shape index (κ1) is 11.1. The Kier molecular flexibility index (Phi) is 3.69. The number of para-hydroxylation sites is 1. The number of amides is 2. The van der Waals surface area contributed by atoms with E-state index in [2.05, 4.69) is 5.32 Å². The number of anilines is 1. The van der Waals surface area contributed by atoms with E-state index in [1.807, 2.05) is 26.1 Å². The fourth-order valence-electron chi connectivity index (χ4n) is 1.11. The molecule has 1 aromatic carbocycles. The van der Waals surface area contributed by atoms with E-state index in [-0.39, 0.29) is 6.04 Å². The topological polar surface area (TPSA) is 56.1 Å². The monoisotopic (exact) mass is 203 g/mol. The molecule has 1 aromatic rings. The van der Waals surface area contributed by atoms with Crippen molar-refractivity contribution in [1.82, 2.24) is 5.32 Å². The number of hydrogen-bond donors (Lipinski definition) is 1. The van der Waals surface area contributed by atoms with Gasteiger partial charge in [-0.2, -0.15) is 10.2 Å². The fourth-order valence-corrected chi connectivity index (χ4v) is 1.11. The highest BCUT2D eigenvalue weighted by Gasteiger charge is 2.14. The molecule has 78 valence electrons. The summed E-state index contributed by atoms with van der Waals surface area (Å²) < 4.78 is 0. The van der Waals surface area contributed by atoms with Crippen LogP contribution >= 0.6 is 0 Å². The lowest BCUT2D eigenvalue weighted by atomic mass is 10.3. The molecule has 0 aliphatic heterocycles. The summed E-state index contributed by atoms with van der Waals surface area (Å²) in [5.41, 5.74) is 0.568. The number of urea groups is 1.